The van der Waals surface area contributed by atoms with Gasteiger partial charge in [-0.3, -0.25) is 9.59 Å². The molecule has 0 unspecified atom stereocenters. The quantitative estimate of drug-likeness (QED) is 0.731. The minimum Gasteiger partial charge on any atom is -0.331 e. The van der Waals surface area contributed by atoms with Crippen LogP contribution in [0.1, 0.15) is 40.0 Å². The van der Waals surface area contributed by atoms with Crippen LogP contribution in [0.2, 0.25) is 0 Å². The van der Waals surface area contributed by atoms with Crippen molar-refractivity contribution >= 4 is 18.1 Å². The van der Waals surface area contributed by atoms with E-state index >= 15 is 0 Å². The predicted molar refractivity (Wildman–Crippen MR) is 67.5 cm³/mol. The zero-order valence-corrected chi connectivity index (χ0v) is 11.2. The van der Waals surface area contributed by atoms with Gasteiger partial charge >= 0.3 is 6.29 Å². The molecule has 1 aliphatic heterocycles. The number of carbonyl (C=O) groups is 2. The minimum atomic E-state index is -0.577. The molecule has 0 aromatic rings. The van der Waals surface area contributed by atoms with Gasteiger partial charge in [0, 0.05) is 24.7 Å². The predicted octanol–water partition coefficient (Wildman–Crippen LogP) is 0.638. The van der Waals surface area contributed by atoms with Crippen LogP contribution in [0, 0.1) is 5.92 Å². The summed E-state index contributed by atoms with van der Waals surface area (Å²) in [6.45, 7) is 6.04. The van der Waals surface area contributed by atoms with Gasteiger partial charge in [0.1, 0.15) is 6.04 Å². The lowest BCUT2D eigenvalue weighted by Crippen LogP contribution is -2.49. The van der Waals surface area contributed by atoms with E-state index in [0.29, 0.717) is 25.3 Å². The van der Waals surface area contributed by atoms with Crippen molar-refractivity contribution in [3.05, 3.63) is 0 Å². The van der Waals surface area contributed by atoms with Crippen LogP contribution in [0.25, 0.3) is 0 Å². The number of amides is 2. The van der Waals surface area contributed by atoms with E-state index in [1.54, 1.807) is 4.90 Å². The molecule has 0 aromatic carbocycles. The van der Waals surface area contributed by atoms with Gasteiger partial charge in [0.2, 0.25) is 11.8 Å². The number of hydrogen-bond donors (Lipinski definition) is 1. The number of likely N-dealkylation sites (tertiary alicyclic amines) is 1. The van der Waals surface area contributed by atoms with Crippen molar-refractivity contribution < 1.29 is 14.4 Å². The Bertz CT molecular complexity index is 328. The van der Waals surface area contributed by atoms with Crippen LogP contribution in [0.15, 0.2) is 0 Å². The van der Waals surface area contributed by atoms with Crippen LogP contribution in [0.5, 0.6) is 0 Å². The molecule has 0 bridgehead atoms. The molecule has 2 atom stereocenters. The summed E-state index contributed by atoms with van der Waals surface area (Å²) in [5.74, 6) is -0.0240. The highest BCUT2D eigenvalue weighted by Crippen LogP contribution is 2.17. The molecule has 1 rings (SSSR count). The van der Waals surface area contributed by atoms with Gasteiger partial charge in [-0.25, -0.2) is 0 Å². The maximum Gasteiger partial charge on any atom is 0.533 e. The van der Waals surface area contributed by atoms with Crippen molar-refractivity contribution in [2.75, 3.05) is 6.54 Å². The average Bonchev–Trinajstić information content (AvgIpc) is 2.76. The molecule has 5 heteroatoms. The van der Waals surface area contributed by atoms with Crippen LogP contribution < -0.4 is 5.32 Å². The van der Waals surface area contributed by atoms with Crippen molar-refractivity contribution in [2.45, 2.75) is 52.1 Å². The van der Waals surface area contributed by atoms with Gasteiger partial charge < -0.3 is 10.2 Å². The Hall–Kier alpha value is -1.48. The Morgan fingerprint density at radius 1 is 1.44 bits per heavy atom. The topological polar surface area (TPSA) is 66.5 Å². The summed E-state index contributed by atoms with van der Waals surface area (Å²) >= 11 is 0. The largest absolute Gasteiger partial charge is 0.533 e. The van der Waals surface area contributed by atoms with Gasteiger partial charge in [0.15, 0.2) is 0 Å². The van der Waals surface area contributed by atoms with Crippen LogP contribution in [0.3, 0.4) is 0 Å². The van der Waals surface area contributed by atoms with Crippen molar-refractivity contribution in [3.63, 3.8) is 0 Å². The number of nitrogens with one attached hydrogen (secondary N) is 1. The smallest absolute Gasteiger partial charge is 0.331 e. The van der Waals surface area contributed by atoms with E-state index in [2.05, 4.69) is 5.32 Å². The van der Waals surface area contributed by atoms with Gasteiger partial charge in [-0.05, 0) is 18.8 Å². The van der Waals surface area contributed by atoms with E-state index in [1.165, 1.54) is 6.92 Å². The molecular weight excluding hydrogens is 232 g/mol. The third-order valence-electron chi connectivity index (χ3n) is 3.13. The molecule has 0 aliphatic carbocycles. The van der Waals surface area contributed by atoms with Gasteiger partial charge in [0.25, 0.3) is 6.04 Å². The van der Waals surface area contributed by atoms with Gasteiger partial charge in [-0.1, -0.05) is 13.8 Å². The number of carbonyl (C=O) groups excluding carboxylic acids is 3. The molecule has 0 saturated carbocycles. The molecule has 1 N–H and O–H groups in total. The monoisotopic (exact) mass is 253 g/mol. The summed E-state index contributed by atoms with van der Waals surface area (Å²) in [6, 6.07) is -1.00. The third kappa shape index (κ3) is 3.77. The van der Waals surface area contributed by atoms with E-state index in [9.17, 15) is 14.4 Å². The van der Waals surface area contributed by atoms with Crippen molar-refractivity contribution in [1.29, 1.82) is 0 Å². The summed E-state index contributed by atoms with van der Waals surface area (Å²) < 4.78 is 0. The first-order valence-corrected chi connectivity index (χ1v) is 6.41. The van der Waals surface area contributed by atoms with Crippen LogP contribution >= 0.6 is 0 Å². The van der Waals surface area contributed by atoms with E-state index in [1.807, 2.05) is 20.1 Å². The summed E-state index contributed by atoms with van der Waals surface area (Å²) in [4.78, 5) is 35.7. The SMILES string of the molecule is CC(=O)N1CCC[C@H]1C(=O)N[C@H]([C+]=O)CC(C)C. The first-order chi connectivity index (χ1) is 8.45. The molecule has 1 aliphatic rings. The molecule has 1 heterocycles. The summed E-state index contributed by atoms with van der Waals surface area (Å²) in [5.41, 5.74) is 0. The third-order valence-corrected chi connectivity index (χ3v) is 3.13. The standard InChI is InChI=1S/C13H20N2O3/c1-9(2)7-11(8-16)14-13(18)12-5-4-6-15(12)10(3)17/h9,11-12H,4-7H2,1-3H3/p+1/t11-,12-/m0/s1. The van der Waals surface area contributed by atoms with E-state index in [-0.39, 0.29) is 11.8 Å². The van der Waals surface area contributed by atoms with Gasteiger partial charge in [-0.15, -0.1) is 0 Å². The average molecular weight is 253 g/mol. The highest BCUT2D eigenvalue weighted by Gasteiger charge is 2.35. The fourth-order valence-corrected chi connectivity index (χ4v) is 2.29. The van der Waals surface area contributed by atoms with Crippen LogP contribution in [-0.4, -0.2) is 41.6 Å². The molecule has 5 nitrogen and oxygen atoms in total. The highest BCUT2D eigenvalue weighted by molar-refractivity contribution is 5.89. The number of rotatable bonds is 5. The van der Waals surface area contributed by atoms with E-state index < -0.39 is 12.1 Å². The lowest BCUT2D eigenvalue weighted by Gasteiger charge is -2.22. The highest BCUT2D eigenvalue weighted by atomic mass is 16.2. The molecule has 100 valence electrons. The van der Waals surface area contributed by atoms with Gasteiger partial charge in [-0.2, -0.15) is 0 Å². The summed E-state index contributed by atoms with van der Waals surface area (Å²) in [6.07, 6.45) is 3.91. The Balaban J connectivity index is 2.58. The fourth-order valence-electron chi connectivity index (χ4n) is 2.29. The molecule has 0 spiro atoms. The molecule has 1 fully saturated rings. The fraction of sp³-hybridized carbons (Fsp3) is 0.769. The minimum absolute atomic E-state index is 0.0943. The van der Waals surface area contributed by atoms with Crippen LogP contribution in [-0.2, 0) is 14.4 Å². The summed E-state index contributed by atoms with van der Waals surface area (Å²) in [7, 11) is 0. The Morgan fingerprint density at radius 2 is 2.11 bits per heavy atom. The lowest BCUT2D eigenvalue weighted by molar-refractivity contribution is -0.137. The molecule has 0 aromatic heterocycles. The molecule has 2 amide bonds. The number of hydrogen-bond acceptors (Lipinski definition) is 3. The second-order valence-corrected chi connectivity index (χ2v) is 5.18. The second-order valence-electron chi connectivity index (χ2n) is 5.18. The molecule has 1 saturated heterocycles. The molecule has 0 radical (unpaired) electrons. The summed E-state index contributed by atoms with van der Waals surface area (Å²) in [5, 5.41) is 2.67. The van der Waals surface area contributed by atoms with Crippen LogP contribution in [0.4, 0.5) is 0 Å². The maximum atomic E-state index is 12.0. The van der Waals surface area contributed by atoms with E-state index in [4.69, 9.17) is 0 Å². The van der Waals surface area contributed by atoms with Crippen molar-refractivity contribution in [1.82, 2.24) is 10.2 Å². The normalized spacial score (nSPS) is 20.7. The Kier molecular flexibility index (Phi) is 5.23. The number of nitrogens with zero attached hydrogens (tertiary/aromatic N) is 1. The van der Waals surface area contributed by atoms with Crippen molar-refractivity contribution in [2.24, 2.45) is 5.92 Å². The Morgan fingerprint density at radius 3 is 2.61 bits per heavy atom. The first kappa shape index (κ1) is 14.6. The second kappa shape index (κ2) is 6.45. The first-order valence-electron chi connectivity index (χ1n) is 6.41. The molecule has 18 heavy (non-hydrogen) atoms. The maximum absolute atomic E-state index is 12.0. The van der Waals surface area contributed by atoms with E-state index in [0.717, 1.165) is 6.42 Å². The molecular formula is C13H21N2O3+. The van der Waals surface area contributed by atoms with Gasteiger partial charge in [0.05, 0.1) is 0 Å². The zero-order valence-electron chi connectivity index (χ0n) is 11.2. The Labute approximate surface area is 108 Å². The zero-order chi connectivity index (χ0) is 13.7. The lowest BCUT2D eigenvalue weighted by atomic mass is 10.0. The van der Waals surface area contributed by atoms with Crippen molar-refractivity contribution in [3.8, 4) is 0 Å².